The van der Waals surface area contributed by atoms with Gasteiger partial charge in [0.15, 0.2) is 11.5 Å². The lowest BCUT2D eigenvalue weighted by Crippen LogP contribution is -2.43. The first kappa shape index (κ1) is 28.0. The number of hydrogen-bond acceptors (Lipinski definition) is 8. The Morgan fingerprint density at radius 3 is 2.58 bits per heavy atom. The maximum Gasteiger partial charge on any atom is 0.241 e. The molecule has 0 bridgehead atoms. The highest BCUT2D eigenvalue weighted by molar-refractivity contribution is 5.79. The fourth-order valence-corrected chi connectivity index (χ4v) is 5.83. The summed E-state index contributed by atoms with van der Waals surface area (Å²) in [5, 5.41) is 7.41. The molecule has 3 atom stereocenters. The summed E-state index contributed by atoms with van der Waals surface area (Å²) in [6.45, 7) is 8.69. The number of aromatic nitrogens is 2. The smallest absolute Gasteiger partial charge is 0.241 e. The summed E-state index contributed by atoms with van der Waals surface area (Å²) in [4.78, 5) is 22.5. The summed E-state index contributed by atoms with van der Waals surface area (Å²) >= 11 is 0. The number of anilines is 1. The highest BCUT2D eigenvalue weighted by Gasteiger charge is 2.28. The van der Waals surface area contributed by atoms with E-state index in [0.29, 0.717) is 36.3 Å². The Morgan fingerprint density at radius 1 is 1.05 bits per heavy atom. The molecule has 5 rings (SSSR count). The van der Waals surface area contributed by atoms with Crippen molar-refractivity contribution in [1.82, 2.24) is 20.4 Å². The zero-order chi connectivity index (χ0) is 28.1. The van der Waals surface area contributed by atoms with Crippen LogP contribution in [0, 0.1) is 11.8 Å². The van der Waals surface area contributed by atoms with Crippen LogP contribution in [0.1, 0.15) is 57.0 Å². The molecule has 3 aromatic rings. The van der Waals surface area contributed by atoms with Gasteiger partial charge < -0.3 is 24.2 Å². The summed E-state index contributed by atoms with van der Waals surface area (Å²) in [6.07, 6.45) is 4.39. The molecule has 9 nitrogen and oxygen atoms in total. The Balaban J connectivity index is 1.15. The molecular formula is C31H41N5O4. The molecule has 0 aliphatic carbocycles. The highest BCUT2D eigenvalue weighted by Crippen LogP contribution is 2.31. The van der Waals surface area contributed by atoms with Gasteiger partial charge in [0.25, 0.3) is 0 Å². The lowest BCUT2D eigenvalue weighted by atomic mass is 9.96. The molecule has 1 N–H and O–H groups in total. The number of methoxy groups -OCH3 is 2. The van der Waals surface area contributed by atoms with Gasteiger partial charge >= 0.3 is 0 Å². The van der Waals surface area contributed by atoms with Crippen LogP contribution in [0.4, 0.5) is 5.69 Å². The van der Waals surface area contributed by atoms with Gasteiger partial charge in [0.1, 0.15) is 0 Å². The molecule has 2 aliphatic rings. The first-order chi connectivity index (χ1) is 19.4. The molecule has 3 heterocycles. The van der Waals surface area contributed by atoms with Gasteiger partial charge in [-0.3, -0.25) is 9.69 Å². The molecule has 2 aliphatic heterocycles. The second-order valence-corrected chi connectivity index (χ2v) is 11.2. The average molecular weight is 548 g/mol. The zero-order valence-corrected chi connectivity index (χ0v) is 24.1. The van der Waals surface area contributed by atoms with Gasteiger partial charge in [0.2, 0.25) is 17.6 Å². The fourth-order valence-electron chi connectivity index (χ4n) is 5.83. The summed E-state index contributed by atoms with van der Waals surface area (Å²) in [5.74, 6) is 3.05. The minimum atomic E-state index is -0.0708. The SMILES string of the molecule is COc1ccc(-c2noc(CN3CCCC(C(=O)NC(C)c4ccc(N5CCCC(C)C5)cc4)C3)n2)cc1OC. The van der Waals surface area contributed by atoms with E-state index in [-0.39, 0.29) is 17.9 Å². The van der Waals surface area contributed by atoms with Crippen molar-refractivity contribution < 1.29 is 18.8 Å². The van der Waals surface area contributed by atoms with Crippen molar-refractivity contribution in [1.29, 1.82) is 0 Å². The lowest BCUT2D eigenvalue weighted by Gasteiger charge is -2.33. The van der Waals surface area contributed by atoms with E-state index in [0.717, 1.165) is 49.5 Å². The minimum absolute atomic E-state index is 0.0443. The first-order valence-corrected chi connectivity index (χ1v) is 14.4. The second kappa shape index (κ2) is 12.7. The van der Waals surface area contributed by atoms with Crippen molar-refractivity contribution in [2.24, 2.45) is 11.8 Å². The lowest BCUT2D eigenvalue weighted by molar-refractivity contribution is -0.127. The van der Waals surface area contributed by atoms with E-state index in [9.17, 15) is 4.79 Å². The van der Waals surface area contributed by atoms with Crippen molar-refractivity contribution in [3.05, 3.63) is 53.9 Å². The molecule has 0 radical (unpaired) electrons. The van der Waals surface area contributed by atoms with Crippen LogP contribution >= 0.6 is 0 Å². The molecule has 1 amide bonds. The van der Waals surface area contributed by atoms with Crippen LogP contribution in [0.3, 0.4) is 0 Å². The number of likely N-dealkylation sites (tertiary alicyclic amines) is 1. The maximum absolute atomic E-state index is 13.2. The van der Waals surface area contributed by atoms with Gasteiger partial charge in [-0.2, -0.15) is 4.98 Å². The van der Waals surface area contributed by atoms with Crippen molar-refractivity contribution >= 4 is 11.6 Å². The summed E-state index contributed by atoms with van der Waals surface area (Å²) in [6, 6.07) is 14.2. The minimum Gasteiger partial charge on any atom is -0.493 e. The topological polar surface area (TPSA) is 93.0 Å². The van der Waals surface area contributed by atoms with Crippen LogP contribution in [0.5, 0.6) is 11.5 Å². The van der Waals surface area contributed by atoms with E-state index in [1.807, 2.05) is 18.2 Å². The van der Waals surface area contributed by atoms with E-state index in [2.05, 4.69) is 63.4 Å². The third-order valence-corrected chi connectivity index (χ3v) is 8.12. The maximum atomic E-state index is 13.2. The number of amides is 1. The molecule has 2 aromatic carbocycles. The number of nitrogens with one attached hydrogen (secondary N) is 1. The number of carbonyl (C=O) groups is 1. The van der Waals surface area contributed by atoms with Gasteiger partial charge in [-0.1, -0.05) is 24.2 Å². The van der Waals surface area contributed by atoms with Crippen LogP contribution in [-0.4, -0.2) is 61.3 Å². The number of carbonyl (C=O) groups excluding carboxylic acids is 1. The predicted molar refractivity (Wildman–Crippen MR) is 154 cm³/mol. The standard InChI is InChI=1S/C31H41N5O4/c1-21-7-5-16-36(18-21)26-12-9-23(10-13-26)22(2)32-31(37)25-8-6-15-35(19-25)20-29-33-30(34-40-29)24-11-14-27(38-3)28(17-24)39-4/h9-14,17,21-22,25H,5-8,15-16,18-20H2,1-4H3,(H,32,37). The highest BCUT2D eigenvalue weighted by atomic mass is 16.5. The first-order valence-electron chi connectivity index (χ1n) is 14.4. The Labute approximate surface area is 236 Å². The Morgan fingerprint density at radius 2 is 1.82 bits per heavy atom. The average Bonchev–Trinajstić information content (AvgIpc) is 3.45. The van der Waals surface area contributed by atoms with Crippen LogP contribution in [0.2, 0.25) is 0 Å². The third-order valence-electron chi connectivity index (χ3n) is 8.12. The number of nitrogens with zero attached hydrogens (tertiary/aromatic N) is 4. The molecule has 0 saturated carbocycles. The molecule has 214 valence electrons. The molecule has 0 spiro atoms. The van der Waals surface area contributed by atoms with Crippen molar-refractivity contribution in [2.45, 2.75) is 52.1 Å². The summed E-state index contributed by atoms with van der Waals surface area (Å²) < 4.78 is 16.3. The van der Waals surface area contributed by atoms with Gasteiger partial charge in [-0.05, 0) is 81.0 Å². The summed E-state index contributed by atoms with van der Waals surface area (Å²) in [7, 11) is 3.20. The number of hydrogen-bond donors (Lipinski definition) is 1. The normalized spacial score (nSPS) is 20.6. The zero-order valence-electron chi connectivity index (χ0n) is 24.1. The van der Waals surface area contributed by atoms with Gasteiger partial charge in [0.05, 0.1) is 32.7 Å². The van der Waals surface area contributed by atoms with Gasteiger partial charge in [0, 0.05) is 30.9 Å². The van der Waals surface area contributed by atoms with E-state index in [1.165, 1.54) is 18.5 Å². The number of benzene rings is 2. The molecule has 2 fully saturated rings. The van der Waals surface area contributed by atoms with E-state index in [1.54, 1.807) is 14.2 Å². The Bertz CT molecular complexity index is 1280. The Kier molecular flexibility index (Phi) is 8.89. The van der Waals surface area contributed by atoms with Crippen LogP contribution in [0.25, 0.3) is 11.4 Å². The van der Waals surface area contributed by atoms with E-state index >= 15 is 0 Å². The molecule has 2 saturated heterocycles. The molecule has 3 unspecified atom stereocenters. The predicted octanol–water partition coefficient (Wildman–Crippen LogP) is 5.08. The van der Waals surface area contributed by atoms with E-state index < -0.39 is 0 Å². The summed E-state index contributed by atoms with van der Waals surface area (Å²) in [5.41, 5.74) is 3.19. The third kappa shape index (κ3) is 6.58. The molecule has 1 aromatic heterocycles. The molecule has 9 heteroatoms. The van der Waals surface area contributed by atoms with Crippen molar-refractivity contribution in [3.8, 4) is 22.9 Å². The fraction of sp³-hybridized carbons (Fsp3) is 0.516. The monoisotopic (exact) mass is 547 g/mol. The van der Waals surface area contributed by atoms with Crippen LogP contribution < -0.4 is 19.7 Å². The molecular weight excluding hydrogens is 506 g/mol. The van der Waals surface area contributed by atoms with Gasteiger partial charge in [-0.25, -0.2) is 0 Å². The quantitative estimate of drug-likeness (QED) is 0.397. The van der Waals surface area contributed by atoms with Crippen LogP contribution in [-0.2, 0) is 11.3 Å². The number of rotatable bonds is 9. The number of ether oxygens (including phenoxy) is 2. The Hall–Kier alpha value is -3.59. The second-order valence-electron chi connectivity index (χ2n) is 11.2. The van der Waals surface area contributed by atoms with Crippen LogP contribution in [0.15, 0.2) is 47.0 Å². The largest absolute Gasteiger partial charge is 0.493 e. The van der Waals surface area contributed by atoms with E-state index in [4.69, 9.17) is 14.0 Å². The van der Waals surface area contributed by atoms with Crippen molar-refractivity contribution in [3.63, 3.8) is 0 Å². The number of piperidine rings is 2. The van der Waals surface area contributed by atoms with Gasteiger partial charge in [-0.15, -0.1) is 0 Å². The molecule has 40 heavy (non-hydrogen) atoms. The van der Waals surface area contributed by atoms with Crippen molar-refractivity contribution in [2.75, 3.05) is 45.3 Å².